The van der Waals surface area contributed by atoms with Crippen LogP contribution < -0.4 is 5.32 Å². The molecule has 4 heteroatoms. The van der Waals surface area contributed by atoms with E-state index in [2.05, 4.69) is 23.5 Å². The summed E-state index contributed by atoms with van der Waals surface area (Å²) in [5.41, 5.74) is 3.93. The van der Waals surface area contributed by atoms with Crippen LogP contribution in [0.25, 0.3) is 0 Å². The maximum atomic E-state index is 12.2. The predicted octanol–water partition coefficient (Wildman–Crippen LogP) is 3.06. The van der Waals surface area contributed by atoms with Crippen LogP contribution in [0.1, 0.15) is 49.8 Å². The minimum Gasteiger partial charge on any atom is -0.444 e. The lowest BCUT2D eigenvalue weighted by molar-refractivity contribution is 0.0292. The zero-order chi connectivity index (χ0) is 15.7. The van der Waals surface area contributed by atoms with Crippen LogP contribution in [0.4, 0.5) is 4.79 Å². The third-order valence-electron chi connectivity index (χ3n) is 4.46. The Morgan fingerprint density at radius 1 is 1.36 bits per heavy atom. The molecule has 4 nitrogen and oxygen atoms in total. The summed E-state index contributed by atoms with van der Waals surface area (Å²) in [5, 5.41) is 3.43. The molecule has 1 unspecified atom stereocenters. The molecule has 1 aromatic rings. The van der Waals surface area contributed by atoms with E-state index >= 15 is 0 Å². The second kappa shape index (κ2) is 5.92. The molecule has 2 aliphatic rings. The normalized spacial score (nSPS) is 21.6. The summed E-state index contributed by atoms with van der Waals surface area (Å²) in [6.07, 6.45) is 1.94. The van der Waals surface area contributed by atoms with Crippen LogP contribution in [0.15, 0.2) is 18.2 Å². The van der Waals surface area contributed by atoms with Crippen molar-refractivity contribution in [1.29, 1.82) is 0 Å². The van der Waals surface area contributed by atoms with E-state index in [0.717, 1.165) is 39.0 Å². The highest BCUT2D eigenvalue weighted by atomic mass is 16.6. The first-order valence-electron chi connectivity index (χ1n) is 8.23. The summed E-state index contributed by atoms with van der Waals surface area (Å²) in [7, 11) is 0. The molecule has 1 N–H and O–H groups in total. The van der Waals surface area contributed by atoms with Gasteiger partial charge in [-0.15, -0.1) is 0 Å². The van der Waals surface area contributed by atoms with Gasteiger partial charge in [-0.3, -0.25) is 0 Å². The van der Waals surface area contributed by atoms with Crippen LogP contribution in [0.3, 0.4) is 0 Å². The van der Waals surface area contributed by atoms with Crippen molar-refractivity contribution in [2.75, 3.05) is 19.6 Å². The molecule has 0 bridgehead atoms. The highest BCUT2D eigenvalue weighted by molar-refractivity contribution is 5.68. The summed E-state index contributed by atoms with van der Waals surface area (Å²) in [6, 6.07) is 6.61. The molecule has 1 atom stereocenters. The van der Waals surface area contributed by atoms with Crippen molar-refractivity contribution in [2.24, 2.45) is 0 Å². The number of nitrogens with zero attached hydrogens (tertiary/aromatic N) is 1. The Hall–Kier alpha value is -1.55. The average Bonchev–Trinajstić information content (AvgIpc) is 2.94. The number of amides is 1. The van der Waals surface area contributed by atoms with E-state index in [0.29, 0.717) is 5.92 Å². The summed E-state index contributed by atoms with van der Waals surface area (Å²) >= 11 is 0. The number of hydrogen-bond acceptors (Lipinski definition) is 3. The van der Waals surface area contributed by atoms with E-state index in [4.69, 9.17) is 4.74 Å². The summed E-state index contributed by atoms with van der Waals surface area (Å²) < 4.78 is 5.50. The molecule has 0 aromatic heterocycles. The molecule has 0 aliphatic carbocycles. The van der Waals surface area contributed by atoms with Crippen molar-refractivity contribution in [3.63, 3.8) is 0 Å². The molecular weight excluding hydrogens is 276 g/mol. The van der Waals surface area contributed by atoms with Gasteiger partial charge in [-0.05, 0) is 56.8 Å². The highest BCUT2D eigenvalue weighted by Gasteiger charge is 2.32. The Morgan fingerprint density at radius 3 is 2.95 bits per heavy atom. The van der Waals surface area contributed by atoms with Gasteiger partial charge < -0.3 is 15.0 Å². The number of fused-ring (bicyclic) bond motifs is 1. The van der Waals surface area contributed by atoms with Gasteiger partial charge in [-0.1, -0.05) is 18.2 Å². The summed E-state index contributed by atoms with van der Waals surface area (Å²) in [6.45, 7) is 9.33. The molecular formula is C18H26N2O2. The lowest BCUT2D eigenvalue weighted by atomic mass is 9.87. The van der Waals surface area contributed by atoms with Gasteiger partial charge >= 0.3 is 6.09 Å². The van der Waals surface area contributed by atoms with E-state index in [1.165, 1.54) is 16.7 Å². The number of ether oxygens (including phenoxy) is 1. The lowest BCUT2D eigenvalue weighted by Gasteiger charge is -2.25. The monoisotopic (exact) mass is 302 g/mol. The van der Waals surface area contributed by atoms with E-state index in [1.807, 2.05) is 25.7 Å². The Labute approximate surface area is 132 Å². The fraction of sp³-hybridized carbons (Fsp3) is 0.611. The Bertz CT molecular complexity index is 563. The second-order valence-corrected chi connectivity index (χ2v) is 7.32. The highest BCUT2D eigenvalue weighted by Crippen LogP contribution is 2.32. The first kappa shape index (κ1) is 15.3. The number of likely N-dealkylation sites (tertiary alicyclic amines) is 1. The standard InChI is InChI=1S/C18H26N2O2/c1-18(2,3)22-17(21)20-10-8-14(12-20)15-6-4-5-13-11-19-9-7-16(13)15/h4-6,14,19H,7-12H2,1-3H3. The predicted molar refractivity (Wildman–Crippen MR) is 87.0 cm³/mol. The van der Waals surface area contributed by atoms with Crippen molar-refractivity contribution >= 4 is 6.09 Å². The topological polar surface area (TPSA) is 41.6 Å². The van der Waals surface area contributed by atoms with E-state index in [1.54, 1.807) is 0 Å². The third-order valence-corrected chi connectivity index (χ3v) is 4.46. The number of carbonyl (C=O) groups is 1. The van der Waals surface area contributed by atoms with Crippen LogP contribution in [0.2, 0.25) is 0 Å². The Morgan fingerprint density at radius 2 is 2.18 bits per heavy atom. The van der Waals surface area contributed by atoms with Crippen molar-refractivity contribution in [3.8, 4) is 0 Å². The second-order valence-electron chi connectivity index (χ2n) is 7.32. The lowest BCUT2D eigenvalue weighted by Crippen LogP contribution is -2.35. The minimum absolute atomic E-state index is 0.179. The van der Waals surface area contributed by atoms with E-state index in [9.17, 15) is 4.79 Å². The van der Waals surface area contributed by atoms with Gasteiger partial charge in [0.05, 0.1) is 0 Å². The van der Waals surface area contributed by atoms with Crippen LogP contribution >= 0.6 is 0 Å². The quantitative estimate of drug-likeness (QED) is 0.867. The zero-order valence-electron chi connectivity index (χ0n) is 13.8. The molecule has 120 valence electrons. The van der Waals surface area contributed by atoms with Gasteiger partial charge in [0.15, 0.2) is 0 Å². The summed E-state index contributed by atoms with van der Waals surface area (Å²) in [5.74, 6) is 0.445. The fourth-order valence-corrected chi connectivity index (χ4v) is 3.45. The molecule has 3 rings (SSSR count). The van der Waals surface area contributed by atoms with Crippen LogP contribution in [0.5, 0.6) is 0 Å². The van der Waals surface area contributed by atoms with Crippen molar-refractivity contribution < 1.29 is 9.53 Å². The molecule has 0 spiro atoms. The van der Waals surface area contributed by atoms with Crippen LogP contribution in [-0.4, -0.2) is 36.2 Å². The summed E-state index contributed by atoms with van der Waals surface area (Å²) in [4.78, 5) is 14.1. The fourth-order valence-electron chi connectivity index (χ4n) is 3.45. The van der Waals surface area contributed by atoms with Gasteiger partial charge in [0.25, 0.3) is 0 Å². The first-order chi connectivity index (χ1) is 10.4. The molecule has 1 fully saturated rings. The van der Waals surface area contributed by atoms with Crippen molar-refractivity contribution in [2.45, 2.75) is 51.7 Å². The zero-order valence-corrected chi connectivity index (χ0v) is 13.8. The number of benzene rings is 1. The van der Waals surface area contributed by atoms with Crippen LogP contribution in [-0.2, 0) is 17.7 Å². The molecule has 22 heavy (non-hydrogen) atoms. The SMILES string of the molecule is CC(C)(C)OC(=O)N1CCC(c2cccc3c2CCNC3)C1. The first-order valence-corrected chi connectivity index (χ1v) is 8.23. The smallest absolute Gasteiger partial charge is 0.410 e. The molecule has 1 aromatic carbocycles. The van der Waals surface area contributed by atoms with Gasteiger partial charge in [-0.2, -0.15) is 0 Å². The molecule has 1 saturated heterocycles. The molecule has 2 heterocycles. The van der Waals surface area contributed by atoms with Gasteiger partial charge in [0, 0.05) is 25.6 Å². The third kappa shape index (κ3) is 3.27. The van der Waals surface area contributed by atoms with Crippen LogP contribution in [0, 0.1) is 0 Å². The van der Waals surface area contributed by atoms with E-state index < -0.39 is 5.60 Å². The van der Waals surface area contributed by atoms with Gasteiger partial charge in [-0.25, -0.2) is 4.79 Å². The van der Waals surface area contributed by atoms with Gasteiger partial charge in [0.1, 0.15) is 5.60 Å². The van der Waals surface area contributed by atoms with Crippen molar-refractivity contribution in [1.82, 2.24) is 10.2 Å². The number of hydrogen-bond donors (Lipinski definition) is 1. The van der Waals surface area contributed by atoms with E-state index in [-0.39, 0.29) is 6.09 Å². The van der Waals surface area contributed by atoms with Gasteiger partial charge in [0.2, 0.25) is 0 Å². The molecule has 0 radical (unpaired) electrons. The average molecular weight is 302 g/mol. The number of rotatable bonds is 1. The maximum Gasteiger partial charge on any atom is 0.410 e. The molecule has 2 aliphatic heterocycles. The minimum atomic E-state index is -0.424. The number of carbonyl (C=O) groups excluding carboxylic acids is 1. The maximum absolute atomic E-state index is 12.2. The largest absolute Gasteiger partial charge is 0.444 e. The Balaban J connectivity index is 1.72. The molecule has 1 amide bonds. The Kier molecular flexibility index (Phi) is 4.13. The van der Waals surface area contributed by atoms with Crippen molar-refractivity contribution in [3.05, 3.63) is 34.9 Å². The molecule has 0 saturated carbocycles. The number of nitrogens with one attached hydrogen (secondary N) is 1.